The van der Waals surface area contributed by atoms with E-state index in [4.69, 9.17) is 28.4 Å². The van der Waals surface area contributed by atoms with E-state index in [9.17, 15) is 61.0 Å². The van der Waals surface area contributed by atoms with Crippen LogP contribution in [-0.2, 0) is 33.2 Å². The molecule has 3 saturated heterocycles. The molecule has 17 unspecified atom stereocenters. The van der Waals surface area contributed by atoms with Crippen LogP contribution >= 0.6 is 0 Å². The molecule has 19 heteroatoms. The molecule has 0 aromatic rings. The van der Waals surface area contributed by atoms with Crippen LogP contribution in [0.5, 0.6) is 0 Å². The van der Waals surface area contributed by atoms with Crippen molar-refractivity contribution in [2.75, 3.05) is 26.4 Å². The molecule has 3 heterocycles. The Labute approximate surface area is 447 Å². The Morgan fingerprint density at radius 3 is 1.33 bits per heavy atom. The van der Waals surface area contributed by atoms with Gasteiger partial charge in [0.2, 0.25) is 5.91 Å². The molecule has 0 spiro atoms. The van der Waals surface area contributed by atoms with Gasteiger partial charge in [-0.3, -0.25) is 4.79 Å². The molecule has 0 aromatic heterocycles. The van der Waals surface area contributed by atoms with Gasteiger partial charge < -0.3 is 89.9 Å². The predicted molar refractivity (Wildman–Crippen MR) is 282 cm³/mol. The molecule has 0 bridgehead atoms. The number of aliphatic hydroxyl groups excluding tert-OH is 11. The number of aliphatic hydroxyl groups is 11. The molecule has 0 aliphatic carbocycles. The van der Waals surface area contributed by atoms with Crippen LogP contribution in [0.4, 0.5) is 0 Å². The van der Waals surface area contributed by atoms with Crippen LogP contribution in [0.2, 0.25) is 0 Å². The van der Waals surface area contributed by atoms with E-state index in [-0.39, 0.29) is 18.9 Å². The van der Waals surface area contributed by atoms with Gasteiger partial charge in [0.1, 0.15) is 73.2 Å². The minimum absolute atomic E-state index is 0.230. The number of amides is 1. The minimum atomic E-state index is -1.98. The first kappa shape index (κ1) is 67.3. The van der Waals surface area contributed by atoms with E-state index in [0.717, 1.165) is 51.4 Å². The van der Waals surface area contributed by atoms with Crippen LogP contribution in [0.3, 0.4) is 0 Å². The van der Waals surface area contributed by atoms with Crippen molar-refractivity contribution >= 4 is 5.91 Å². The molecule has 0 radical (unpaired) electrons. The first-order valence-electron chi connectivity index (χ1n) is 28.7. The van der Waals surface area contributed by atoms with Crippen molar-refractivity contribution < 1.29 is 89.4 Å². The molecule has 3 aliphatic heterocycles. The zero-order chi connectivity index (χ0) is 54.8. The summed E-state index contributed by atoms with van der Waals surface area (Å²) in [5, 5.41) is 120. The quantitative estimate of drug-likeness (QED) is 0.0302. The van der Waals surface area contributed by atoms with Crippen LogP contribution in [0, 0.1) is 0 Å². The highest BCUT2D eigenvalue weighted by Gasteiger charge is 2.53. The highest BCUT2D eigenvalue weighted by molar-refractivity contribution is 5.76. The monoisotopic (exact) mass is 1080 g/mol. The maximum absolute atomic E-state index is 13.3. The summed E-state index contributed by atoms with van der Waals surface area (Å²) in [6.45, 7) is 1.66. The summed E-state index contributed by atoms with van der Waals surface area (Å²) in [4.78, 5) is 13.3. The van der Waals surface area contributed by atoms with Gasteiger partial charge in [0.15, 0.2) is 18.9 Å². The van der Waals surface area contributed by atoms with Crippen molar-refractivity contribution in [3.05, 3.63) is 36.5 Å². The number of carbonyl (C=O) groups is 1. The van der Waals surface area contributed by atoms with Gasteiger partial charge in [0, 0.05) is 6.42 Å². The van der Waals surface area contributed by atoms with Crippen molar-refractivity contribution in [1.82, 2.24) is 5.32 Å². The second-order valence-electron chi connectivity index (χ2n) is 20.7. The van der Waals surface area contributed by atoms with Crippen LogP contribution < -0.4 is 5.32 Å². The number of rotatable bonds is 41. The fraction of sp³-hybridized carbons (Fsp3) is 0.875. The van der Waals surface area contributed by atoms with Gasteiger partial charge >= 0.3 is 0 Å². The third kappa shape index (κ3) is 24.9. The van der Waals surface area contributed by atoms with Gasteiger partial charge in [0.05, 0.1) is 38.6 Å². The minimum Gasteiger partial charge on any atom is -0.394 e. The number of allylic oxidation sites excluding steroid dienone is 5. The van der Waals surface area contributed by atoms with E-state index in [2.05, 4.69) is 43.5 Å². The van der Waals surface area contributed by atoms with Gasteiger partial charge in [-0.2, -0.15) is 0 Å². The Balaban J connectivity index is 1.52. The molecular formula is C56H101NO18. The fourth-order valence-corrected chi connectivity index (χ4v) is 9.61. The Kier molecular flexibility index (Phi) is 36.1. The topological polar surface area (TPSA) is 307 Å². The maximum Gasteiger partial charge on any atom is 0.220 e. The fourth-order valence-electron chi connectivity index (χ4n) is 9.61. The van der Waals surface area contributed by atoms with Crippen molar-refractivity contribution in [1.29, 1.82) is 0 Å². The lowest BCUT2D eigenvalue weighted by molar-refractivity contribution is -0.379. The van der Waals surface area contributed by atoms with E-state index in [1.807, 2.05) is 6.08 Å². The molecule has 3 fully saturated rings. The number of hydrogen-bond acceptors (Lipinski definition) is 18. The van der Waals surface area contributed by atoms with Crippen molar-refractivity contribution in [3.63, 3.8) is 0 Å². The number of carbonyl (C=O) groups excluding carboxylic acids is 1. The van der Waals surface area contributed by atoms with Gasteiger partial charge in [-0.05, 0) is 57.8 Å². The molecule has 0 saturated carbocycles. The number of hydrogen-bond donors (Lipinski definition) is 12. The second kappa shape index (κ2) is 40.2. The largest absolute Gasteiger partial charge is 0.394 e. The van der Waals surface area contributed by atoms with Gasteiger partial charge in [-0.25, -0.2) is 0 Å². The summed E-state index contributed by atoms with van der Waals surface area (Å²) >= 11 is 0. The number of nitrogens with one attached hydrogen (secondary N) is 1. The smallest absolute Gasteiger partial charge is 0.220 e. The summed E-state index contributed by atoms with van der Waals surface area (Å²) in [5.41, 5.74) is 0. The molecule has 3 aliphatic rings. The van der Waals surface area contributed by atoms with Crippen LogP contribution in [0.25, 0.3) is 0 Å². The standard InChI is InChI=1S/C56H101NO18/c1-3-5-7-9-11-13-15-17-18-19-20-21-22-24-26-28-30-32-34-44(62)57-39(40(61)33-31-29-27-25-23-16-14-12-10-8-6-4-2)38-70-54-50(68)47(65)52(42(36-59)72-54)75-56-51(69)48(66)53(43(37-60)73-56)74-55-49(67)46(64)45(63)41(35-58)71-55/h18-19,23,25,31,33,39-43,45-56,58-61,63-69H,3-17,20-22,24,26-30,32,34-38H2,1-2H3,(H,57,62)/b19-18-,25-23+,33-31+. The van der Waals surface area contributed by atoms with E-state index in [1.165, 1.54) is 96.3 Å². The summed E-state index contributed by atoms with van der Waals surface area (Å²) in [5.74, 6) is -0.293. The van der Waals surface area contributed by atoms with E-state index >= 15 is 0 Å². The highest BCUT2D eigenvalue weighted by atomic mass is 16.8. The van der Waals surface area contributed by atoms with Crippen molar-refractivity contribution in [2.45, 2.75) is 285 Å². The average Bonchev–Trinajstić information content (AvgIpc) is 3.41. The molecule has 17 atom stereocenters. The van der Waals surface area contributed by atoms with Gasteiger partial charge in [-0.1, -0.05) is 153 Å². The zero-order valence-electron chi connectivity index (χ0n) is 45.3. The molecule has 438 valence electrons. The Bertz CT molecular complexity index is 1520. The van der Waals surface area contributed by atoms with Crippen molar-refractivity contribution in [3.8, 4) is 0 Å². The zero-order valence-corrected chi connectivity index (χ0v) is 45.3. The second-order valence-corrected chi connectivity index (χ2v) is 20.7. The lowest BCUT2D eigenvalue weighted by Gasteiger charge is -2.48. The number of ether oxygens (including phenoxy) is 6. The van der Waals surface area contributed by atoms with Crippen LogP contribution in [0.15, 0.2) is 36.5 Å². The summed E-state index contributed by atoms with van der Waals surface area (Å²) in [6, 6.07) is -0.989. The average molecular weight is 1080 g/mol. The van der Waals surface area contributed by atoms with E-state index in [0.29, 0.717) is 12.8 Å². The van der Waals surface area contributed by atoms with Gasteiger partial charge in [0.25, 0.3) is 0 Å². The third-order valence-corrected chi connectivity index (χ3v) is 14.4. The van der Waals surface area contributed by atoms with Gasteiger partial charge in [-0.15, -0.1) is 0 Å². The lowest BCUT2D eigenvalue weighted by atomic mass is 9.96. The normalized spacial score (nSPS) is 31.5. The Morgan fingerprint density at radius 1 is 0.467 bits per heavy atom. The molecule has 0 aromatic carbocycles. The Morgan fingerprint density at radius 2 is 0.853 bits per heavy atom. The SMILES string of the molecule is CCCCCCCC/C=C/CC/C=C/C(O)C(COC1OC(CO)C(OC2OC(CO)C(OC3OC(CO)C(O)C(O)C3O)C(O)C2O)C(O)C1O)NC(=O)CCCCCCCCC/C=C\CCCCCCCCC. The summed E-state index contributed by atoms with van der Waals surface area (Å²) < 4.78 is 34.1. The molecule has 3 rings (SSSR count). The molecule has 19 nitrogen and oxygen atoms in total. The van der Waals surface area contributed by atoms with E-state index < -0.39 is 124 Å². The summed E-state index contributed by atoms with van der Waals surface area (Å²) in [6.07, 6.45) is 14.2. The lowest BCUT2D eigenvalue weighted by Crippen LogP contribution is -2.66. The molecule has 1 amide bonds. The number of unbranched alkanes of at least 4 members (excludes halogenated alkanes) is 21. The van der Waals surface area contributed by atoms with Crippen LogP contribution in [-0.4, -0.2) is 193 Å². The van der Waals surface area contributed by atoms with Crippen LogP contribution in [0.1, 0.15) is 181 Å². The predicted octanol–water partition coefficient (Wildman–Crippen LogP) is 4.15. The Hall–Kier alpha value is -1.99. The third-order valence-electron chi connectivity index (χ3n) is 14.4. The van der Waals surface area contributed by atoms with E-state index in [1.54, 1.807) is 6.08 Å². The molecule has 12 N–H and O–H groups in total. The molecular weight excluding hydrogens is 975 g/mol. The first-order chi connectivity index (χ1) is 36.3. The maximum atomic E-state index is 13.3. The highest BCUT2D eigenvalue weighted by Crippen LogP contribution is 2.33. The molecule has 75 heavy (non-hydrogen) atoms. The van der Waals surface area contributed by atoms with Crippen molar-refractivity contribution in [2.24, 2.45) is 0 Å². The summed E-state index contributed by atoms with van der Waals surface area (Å²) in [7, 11) is 0. The first-order valence-corrected chi connectivity index (χ1v) is 28.7.